The maximum Gasteiger partial charge on any atom is 0.173 e. The van der Waals surface area contributed by atoms with Crippen molar-refractivity contribution in [3.63, 3.8) is 0 Å². The molecule has 6 heteroatoms. The Kier molecular flexibility index (Phi) is 5.16. The number of thiocarbonyl (C=S) groups is 1. The summed E-state index contributed by atoms with van der Waals surface area (Å²) in [6, 6.07) is 6.79. The first kappa shape index (κ1) is 17.7. The average Bonchev–Trinajstić information content (AvgIpc) is 3.31. The third kappa shape index (κ3) is 3.75. The van der Waals surface area contributed by atoms with Gasteiger partial charge in [0.15, 0.2) is 14.9 Å². The minimum absolute atomic E-state index is 0.0290. The second-order valence-corrected chi connectivity index (χ2v) is 9.40. The normalized spacial score (nSPS) is 22.3. The molecular weight excluding hydrogens is 340 g/mol. The standard InChI is InChI=1S/C18H26N2O2S2/c1-3-13-6-5-7-14(4-2)17(13)19-18(23)20(15-8-9-15)16-10-11-24(21,22)12-16/h5-7,15-16H,3-4,8-12H2,1-2H3,(H,19,23). The van der Waals surface area contributed by atoms with Crippen LogP contribution < -0.4 is 5.32 Å². The number of hydrogen-bond donors (Lipinski definition) is 1. The molecule has 1 N–H and O–H groups in total. The van der Waals surface area contributed by atoms with Crippen molar-refractivity contribution >= 4 is 32.9 Å². The van der Waals surface area contributed by atoms with Crippen molar-refractivity contribution in [3.8, 4) is 0 Å². The lowest BCUT2D eigenvalue weighted by atomic mass is 10.0. The molecule has 1 atom stereocenters. The van der Waals surface area contributed by atoms with Crippen LogP contribution in [-0.2, 0) is 22.7 Å². The van der Waals surface area contributed by atoms with Gasteiger partial charge in [-0.15, -0.1) is 0 Å². The van der Waals surface area contributed by atoms with Gasteiger partial charge in [-0.3, -0.25) is 0 Å². The Hall–Kier alpha value is -1.14. The first-order valence-electron chi connectivity index (χ1n) is 8.85. The van der Waals surface area contributed by atoms with Gasteiger partial charge in [-0.1, -0.05) is 32.0 Å². The van der Waals surface area contributed by atoms with Crippen molar-refractivity contribution in [1.29, 1.82) is 0 Å². The molecule has 0 amide bonds. The van der Waals surface area contributed by atoms with Crippen LogP contribution in [0, 0.1) is 0 Å². The zero-order chi connectivity index (χ0) is 17.3. The van der Waals surface area contributed by atoms with Gasteiger partial charge in [-0.25, -0.2) is 8.42 Å². The SMILES string of the molecule is CCc1cccc(CC)c1NC(=S)N(C1CC1)C1CCS(=O)(=O)C1. The minimum atomic E-state index is -2.91. The predicted molar refractivity (Wildman–Crippen MR) is 103 cm³/mol. The number of rotatable bonds is 5. The summed E-state index contributed by atoms with van der Waals surface area (Å²) < 4.78 is 23.8. The smallest absolute Gasteiger partial charge is 0.173 e. The fourth-order valence-electron chi connectivity index (χ4n) is 3.55. The van der Waals surface area contributed by atoms with Gasteiger partial charge in [0, 0.05) is 17.8 Å². The summed E-state index contributed by atoms with van der Waals surface area (Å²) in [6.45, 7) is 4.29. The fraction of sp³-hybridized carbons (Fsp3) is 0.611. The molecule has 0 bridgehead atoms. The Morgan fingerprint density at radius 1 is 1.17 bits per heavy atom. The lowest BCUT2D eigenvalue weighted by molar-refractivity contribution is 0.330. The van der Waals surface area contributed by atoms with Crippen molar-refractivity contribution in [1.82, 2.24) is 4.90 Å². The quantitative estimate of drug-likeness (QED) is 0.811. The van der Waals surface area contributed by atoms with Gasteiger partial charge in [-0.05, 0) is 55.4 Å². The molecule has 1 saturated heterocycles. The van der Waals surface area contributed by atoms with Gasteiger partial charge in [0.05, 0.1) is 11.5 Å². The predicted octanol–water partition coefficient (Wildman–Crippen LogP) is 3.16. The Morgan fingerprint density at radius 2 is 1.79 bits per heavy atom. The molecule has 1 aromatic rings. The van der Waals surface area contributed by atoms with E-state index in [0.29, 0.717) is 17.6 Å². The maximum absolute atomic E-state index is 11.9. The summed E-state index contributed by atoms with van der Waals surface area (Å²) in [5.74, 6) is 0.524. The lowest BCUT2D eigenvalue weighted by Gasteiger charge is -2.32. The third-order valence-corrected chi connectivity index (χ3v) is 7.07. The van der Waals surface area contributed by atoms with E-state index in [1.165, 1.54) is 11.1 Å². The highest BCUT2D eigenvalue weighted by molar-refractivity contribution is 7.91. The summed E-state index contributed by atoms with van der Waals surface area (Å²) in [5, 5.41) is 4.16. The highest BCUT2D eigenvalue weighted by atomic mass is 32.2. The van der Waals surface area contributed by atoms with E-state index >= 15 is 0 Å². The first-order chi connectivity index (χ1) is 11.4. The average molecular weight is 367 g/mol. The van der Waals surface area contributed by atoms with Gasteiger partial charge >= 0.3 is 0 Å². The molecule has 0 spiro atoms. The van der Waals surface area contributed by atoms with E-state index < -0.39 is 9.84 Å². The summed E-state index contributed by atoms with van der Waals surface area (Å²) in [7, 11) is -2.91. The molecule has 1 aromatic carbocycles. The van der Waals surface area contributed by atoms with Crippen LogP contribution in [0.1, 0.15) is 44.2 Å². The van der Waals surface area contributed by atoms with Gasteiger partial charge in [-0.2, -0.15) is 0 Å². The number of aryl methyl sites for hydroxylation is 2. The topological polar surface area (TPSA) is 49.4 Å². The number of anilines is 1. The van der Waals surface area contributed by atoms with E-state index in [1.807, 2.05) is 0 Å². The number of hydrogen-bond acceptors (Lipinski definition) is 3. The molecule has 0 radical (unpaired) electrons. The highest BCUT2D eigenvalue weighted by Crippen LogP contribution is 2.33. The van der Waals surface area contributed by atoms with Crippen molar-refractivity contribution in [2.45, 2.75) is 58.0 Å². The Balaban J connectivity index is 1.83. The van der Waals surface area contributed by atoms with Crippen molar-refractivity contribution in [2.24, 2.45) is 0 Å². The first-order valence-corrected chi connectivity index (χ1v) is 11.1. The van der Waals surface area contributed by atoms with Crippen LogP contribution in [0.2, 0.25) is 0 Å². The molecule has 1 unspecified atom stereocenters. The van der Waals surface area contributed by atoms with Crippen LogP contribution in [0.5, 0.6) is 0 Å². The van der Waals surface area contributed by atoms with Crippen molar-refractivity contribution in [3.05, 3.63) is 29.3 Å². The Labute approximate surface area is 150 Å². The molecule has 132 valence electrons. The van der Waals surface area contributed by atoms with Crippen LogP contribution in [-0.4, -0.2) is 42.0 Å². The molecule has 2 fully saturated rings. The van der Waals surface area contributed by atoms with Crippen LogP contribution in [0.3, 0.4) is 0 Å². The monoisotopic (exact) mass is 366 g/mol. The van der Waals surface area contributed by atoms with E-state index in [1.54, 1.807) is 0 Å². The summed E-state index contributed by atoms with van der Waals surface area (Å²) >= 11 is 5.72. The van der Waals surface area contributed by atoms with Crippen molar-refractivity contribution < 1.29 is 8.42 Å². The molecule has 2 aliphatic rings. The number of sulfone groups is 1. The zero-order valence-corrected chi connectivity index (χ0v) is 16.0. The molecule has 1 heterocycles. The van der Waals surface area contributed by atoms with Crippen molar-refractivity contribution in [2.75, 3.05) is 16.8 Å². The van der Waals surface area contributed by atoms with Crippen LogP contribution >= 0.6 is 12.2 Å². The van der Waals surface area contributed by atoms with Gasteiger partial charge in [0.1, 0.15) is 0 Å². The van der Waals surface area contributed by atoms with Gasteiger partial charge in [0.25, 0.3) is 0 Å². The largest absolute Gasteiger partial charge is 0.342 e. The van der Waals surface area contributed by atoms with Gasteiger partial charge < -0.3 is 10.2 Å². The molecule has 1 aliphatic heterocycles. The fourth-order valence-corrected chi connectivity index (χ4v) is 5.66. The highest BCUT2D eigenvalue weighted by Gasteiger charge is 2.41. The van der Waals surface area contributed by atoms with Crippen LogP contribution in [0.4, 0.5) is 5.69 Å². The Morgan fingerprint density at radius 3 is 2.25 bits per heavy atom. The molecule has 1 aliphatic carbocycles. The molecule has 3 rings (SSSR count). The maximum atomic E-state index is 11.9. The van der Waals surface area contributed by atoms with E-state index in [-0.39, 0.29) is 17.5 Å². The molecule has 0 aromatic heterocycles. The zero-order valence-electron chi connectivity index (χ0n) is 14.4. The number of benzene rings is 1. The third-order valence-electron chi connectivity index (χ3n) is 5.01. The summed E-state index contributed by atoms with van der Waals surface area (Å²) in [6.07, 6.45) is 4.79. The van der Waals surface area contributed by atoms with Gasteiger partial charge in [0.2, 0.25) is 0 Å². The molecular formula is C18H26N2O2S2. The molecule has 4 nitrogen and oxygen atoms in total. The second kappa shape index (κ2) is 7.00. The second-order valence-electron chi connectivity index (χ2n) is 6.78. The van der Waals surface area contributed by atoms with Crippen LogP contribution in [0.25, 0.3) is 0 Å². The van der Waals surface area contributed by atoms with E-state index in [9.17, 15) is 8.42 Å². The summed E-state index contributed by atoms with van der Waals surface area (Å²) in [5.41, 5.74) is 3.62. The van der Waals surface area contributed by atoms with E-state index in [2.05, 4.69) is 42.3 Å². The number of nitrogens with zero attached hydrogens (tertiary/aromatic N) is 1. The number of nitrogens with one attached hydrogen (secondary N) is 1. The molecule has 1 saturated carbocycles. The van der Waals surface area contributed by atoms with E-state index in [0.717, 1.165) is 31.4 Å². The summed E-state index contributed by atoms with van der Waals surface area (Å²) in [4.78, 5) is 2.17. The van der Waals surface area contributed by atoms with Crippen LogP contribution in [0.15, 0.2) is 18.2 Å². The minimum Gasteiger partial charge on any atom is -0.342 e. The van der Waals surface area contributed by atoms with E-state index in [4.69, 9.17) is 12.2 Å². The Bertz CT molecular complexity index is 704. The molecule has 24 heavy (non-hydrogen) atoms. The number of para-hydroxylation sites is 1. The lowest BCUT2D eigenvalue weighted by Crippen LogP contribution is -2.45.